The van der Waals surface area contributed by atoms with Crippen molar-refractivity contribution in [1.29, 1.82) is 5.26 Å². The summed E-state index contributed by atoms with van der Waals surface area (Å²) in [5.74, 6) is -0.561. The summed E-state index contributed by atoms with van der Waals surface area (Å²) in [4.78, 5) is 15.9. The van der Waals surface area contributed by atoms with Crippen LogP contribution in [0.5, 0.6) is 0 Å². The minimum Gasteiger partial charge on any atom is -0.319 e. The Hall–Kier alpha value is -1.80. The molecule has 0 bridgehead atoms. The van der Waals surface area contributed by atoms with Crippen LogP contribution in [0.15, 0.2) is 30.3 Å². The number of hydrogen-bond donors (Lipinski definition) is 1. The van der Waals surface area contributed by atoms with Crippen molar-refractivity contribution in [1.82, 2.24) is 4.98 Å². The summed E-state index contributed by atoms with van der Waals surface area (Å²) < 4.78 is 0. The summed E-state index contributed by atoms with van der Waals surface area (Å²) >= 11 is 17.6. The molecular formula is C13H6Cl3N3O. The maximum atomic E-state index is 12.1. The number of aromatic nitrogens is 1. The van der Waals surface area contributed by atoms with Crippen molar-refractivity contribution in [2.45, 2.75) is 0 Å². The fourth-order valence-electron chi connectivity index (χ4n) is 1.45. The highest BCUT2D eigenvalue weighted by molar-refractivity contribution is 6.36. The fourth-order valence-corrected chi connectivity index (χ4v) is 1.95. The van der Waals surface area contributed by atoms with Gasteiger partial charge in [0, 0.05) is 0 Å². The normalized spacial score (nSPS) is 9.90. The average molecular weight is 327 g/mol. The second-order valence-corrected chi connectivity index (χ2v) is 4.93. The van der Waals surface area contributed by atoms with Gasteiger partial charge in [-0.05, 0) is 30.3 Å². The molecule has 1 heterocycles. The van der Waals surface area contributed by atoms with Crippen LogP contribution in [0.1, 0.15) is 16.1 Å². The van der Waals surface area contributed by atoms with Crippen molar-refractivity contribution in [2.24, 2.45) is 0 Å². The number of hydrogen-bond acceptors (Lipinski definition) is 3. The Kier molecular flexibility index (Phi) is 4.46. The summed E-state index contributed by atoms with van der Waals surface area (Å²) in [5, 5.41) is 12.0. The largest absolute Gasteiger partial charge is 0.319 e. The van der Waals surface area contributed by atoms with Crippen LogP contribution in [0.2, 0.25) is 15.2 Å². The molecule has 0 atom stereocenters. The van der Waals surface area contributed by atoms with Crippen LogP contribution in [0.25, 0.3) is 0 Å². The van der Waals surface area contributed by atoms with Crippen LogP contribution in [0, 0.1) is 11.3 Å². The lowest BCUT2D eigenvalue weighted by Gasteiger charge is -2.08. The zero-order valence-electron chi connectivity index (χ0n) is 9.82. The van der Waals surface area contributed by atoms with E-state index in [1.54, 1.807) is 6.07 Å². The minimum absolute atomic E-state index is 0.0161. The Morgan fingerprint density at radius 3 is 2.55 bits per heavy atom. The van der Waals surface area contributed by atoms with E-state index in [0.717, 1.165) is 0 Å². The molecule has 0 aliphatic rings. The zero-order chi connectivity index (χ0) is 14.7. The first-order valence-electron chi connectivity index (χ1n) is 5.34. The van der Waals surface area contributed by atoms with Crippen LogP contribution < -0.4 is 5.32 Å². The highest BCUT2D eigenvalue weighted by Crippen LogP contribution is 2.24. The third-order valence-electron chi connectivity index (χ3n) is 2.37. The van der Waals surface area contributed by atoms with Gasteiger partial charge in [-0.1, -0.05) is 34.8 Å². The third kappa shape index (κ3) is 3.20. The number of carbonyl (C=O) groups is 1. The van der Waals surface area contributed by atoms with Crippen molar-refractivity contribution in [3.63, 3.8) is 0 Å². The van der Waals surface area contributed by atoms with Crippen LogP contribution in [0.4, 0.5) is 5.69 Å². The van der Waals surface area contributed by atoms with Crippen molar-refractivity contribution in [3.8, 4) is 6.07 Å². The van der Waals surface area contributed by atoms with Crippen LogP contribution in [-0.4, -0.2) is 10.9 Å². The molecule has 1 aromatic carbocycles. The predicted octanol–water partition coefficient (Wildman–Crippen LogP) is 4.17. The van der Waals surface area contributed by atoms with E-state index in [-0.39, 0.29) is 15.9 Å². The van der Waals surface area contributed by atoms with Crippen molar-refractivity contribution >= 4 is 46.4 Å². The van der Waals surface area contributed by atoms with Crippen LogP contribution in [-0.2, 0) is 0 Å². The molecule has 100 valence electrons. The molecule has 20 heavy (non-hydrogen) atoms. The molecule has 0 aliphatic carbocycles. The van der Waals surface area contributed by atoms with Gasteiger partial charge in [-0.2, -0.15) is 5.26 Å². The number of pyridine rings is 1. The summed E-state index contributed by atoms with van der Waals surface area (Å²) in [6.45, 7) is 0. The minimum atomic E-state index is -0.561. The van der Waals surface area contributed by atoms with E-state index >= 15 is 0 Å². The number of nitrogens with zero attached hydrogens (tertiary/aromatic N) is 2. The summed E-state index contributed by atoms with van der Waals surface area (Å²) in [6.07, 6.45) is 0. The Morgan fingerprint density at radius 1 is 1.15 bits per heavy atom. The van der Waals surface area contributed by atoms with Gasteiger partial charge in [0.1, 0.15) is 10.8 Å². The quantitative estimate of drug-likeness (QED) is 0.842. The number of carbonyl (C=O) groups excluding carboxylic acids is 1. The Labute approximate surface area is 129 Å². The van der Waals surface area contributed by atoms with Crippen LogP contribution in [0.3, 0.4) is 0 Å². The second-order valence-electron chi connectivity index (χ2n) is 3.72. The topological polar surface area (TPSA) is 65.8 Å². The number of rotatable bonds is 2. The van der Waals surface area contributed by atoms with E-state index in [2.05, 4.69) is 10.3 Å². The van der Waals surface area contributed by atoms with Gasteiger partial charge in [-0.3, -0.25) is 4.79 Å². The van der Waals surface area contributed by atoms with E-state index in [4.69, 9.17) is 40.1 Å². The molecule has 4 nitrogen and oxygen atoms in total. The highest BCUT2D eigenvalue weighted by atomic mass is 35.5. The number of nitrogens with one attached hydrogen (secondary N) is 1. The predicted molar refractivity (Wildman–Crippen MR) is 78.4 cm³/mol. The first kappa shape index (κ1) is 14.6. The average Bonchev–Trinajstić information content (AvgIpc) is 2.43. The van der Waals surface area contributed by atoms with E-state index in [1.165, 1.54) is 24.3 Å². The molecule has 2 rings (SSSR count). The molecule has 0 fully saturated rings. The first-order valence-corrected chi connectivity index (χ1v) is 6.47. The van der Waals surface area contributed by atoms with Gasteiger partial charge in [0.25, 0.3) is 5.91 Å². The number of benzene rings is 1. The van der Waals surface area contributed by atoms with Gasteiger partial charge in [0.15, 0.2) is 0 Å². The molecule has 0 saturated heterocycles. The van der Waals surface area contributed by atoms with Gasteiger partial charge in [-0.25, -0.2) is 4.98 Å². The molecule has 1 aromatic heterocycles. The maximum absolute atomic E-state index is 12.1. The summed E-state index contributed by atoms with van der Waals surface area (Å²) in [6, 6.07) is 9.42. The van der Waals surface area contributed by atoms with Gasteiger partial charge in [-0.15, -0.1) is 0 Å². The Balaban J connectivity index is 2.33. The molecule has 0 unspecified atom stereocenters. The third-order valence-corrected chi connectivity index (χ3v) is 3.22. The molecule has 1 amide bonds. The smallest absolute Gasteiger partial charge is 0.275 e. The summed E-state index contributed by atoms with van der Waals surface area (Å²) in [5.41, 5.74) is 0.654. The van der Waals surface area contributed by atoms with Crippen molar-refractivity contribution < 1.29 is 4.79 Å². The lowest BCUT2D eigenvalue weighted by Crippen LogP contribution is -2.14. The number of anilines is 1. The molecule has 0 spiro atoms. The Morgan fingerprint density at radius 2 is 1.85 bits per heavy atom. The van der Waals surface area contributed by atoms with Crippen molar-refractivity contribution in [3.05, 3.63) is 56.8 Å². The van der Waals surface area contributed by atoms with Crippen molar-refractivity contribution in [2.75, 3.05) is 5.32 Å². The fraction of sp³-hybridized carbons (Fsp3) is 0. The number of nitriles is 1. The zero-order valence-corrected chi connectivity index (χ0v) is 12.1. The van der Waals surface area contributed by atoms with Gasteiger partial charge in [0.05, 0.1) is 27.4 Å². The van der Waals surface area contributed by atoms with Gasteiger partial charge >= 0.3 is 0 Å². The standard InChI is InChI=1S/C13H6Cl3N3O/c14-8-2-1-7(6-17)5-10(8)18-13(20)12-9(15)3-4-11(16)19-12/h1-5H,(H,18,20). The monoisotopic (exact) mass is 325 g/mol. The number of halogens is 3. The summed E-state index contributed by atoms with van der Waals surface area (Å²) in [7, 11) is 0. The van der Waals surface area contributed by atoms with E-state index in [1.807, 2.05) is 6.07 Å². The lowest BCUT2D eigenvalue weighted by atomic mass is 10.2. The molecule has 0 saturated carbocycles. The van der Waals surface area contributed by atoms with Crippen LogP contribution >= 0.6 is 34.8 Å². The highest BCUT2D eigenvalue weighted by Gasteiger charge is 2.14. The molecule has 0 radical (unpaired) electrons. The van der Waals surface area contributed by atoms with Gasteiger partial charge in [0.2, 0.25) is 0 Å². The lowest BCUT2D eigenvalue weighted by molar-refractivity contribution is 0.102. The Bertz CT molecular complexity index is 725. The maximum Gasteiger partial charge on any atom is 0.275 e. The molecular weight excluding hydrogens is 321 g/mol. The van der Waals surface area contributed by atoms with E-state index < -0.39 is 5.91 Å². The van der Waals surface area contributed by atoms with E-state index in [0.29, 0.717) is 16.3 Å². The van der Waals surface area contributed by atoms with Gasteiger partial charge < -0.3 is 5.32 Å². The number of amides is 1. The SMILES string of the molecule is N#Cc1ccc(Cl)c(NC(=O)c2nc(Cl)ccc2Cl)c1. The molecule has 7 heteroatoms. The molecule has 2 aromatic rings. The molecule has 1 N–H and O–H groups in total. The van der Waals surface area contributed by atoms with E-state index in [9.17, 15) is 4.79 Å². The molecule has 0 aliphatic heterocycles. The first-order chi connectivity index (χ1) is 9.51. The second kappa shape index (κ2) is 6.10.